The minimum Gasteiger partial charge on any atom is -0.497 e. The molecule has 1 amide bonds. The number of anilines is 1. The molecule has 6 heteroatoms. The lowest BCUT2D eigenvalue weighted by Crippen LogP contribution is -2.32. The highest BCUT2D eigenvalue weighted by Crippen LogP contribution is 2.16. The molecule has 0 saturated carbocycles. The lowest BCUT2D eigenvalue weighted by Gasteiger charge is -2.07. The quantitative estimate of drug-likeness (QED) is 0.713. The fourth-order valence-electron chi connectivity index (χ4n) is 1.40. The molecule has 1 aromatic rings. The van der Waals surface area contributed by atoms with Crippen LogP contribution in [0.25, 0.3) is 0 Å². The molecule has 0 spiro atoms. The largest absolute Gasteiger partial charge is 0.497 e. The molecule has 0 atom stereocenters. The SMILES string of the molecule is CCOC(=O)CNCC(=O)Nc1cccc(OC)c1. The first-order valence-corrected chi connectivity index (χ1v) is 5.96. The standard InChI is InChI=1S/C13H18N2O4/c1-3-19-13(17)9-14-8-12(16)15-10-5-4-6-11(7-10)18-2/h4-7,14H,3,8-9H2,1-2H3,(H,15,16). The molecule has 0 aliphatic rings. The number of carbonyl (C=O) groups is 2. The van der Waals surface area contributed by atoms with Crippen LogP contribution in [0.15, 0.2) is 24.3 Å². The molecule has 104 valence electrons. The molecule has 0 bridgehead atoms. The number of rotatable bonds is 7. The highest BCUT2D eigenvalue weighted by atomic mass is 16.5. The molecule has 1 aromatic carbocycles. The van der Waals surface area contributed by atoms with E-state index in [9.17, 15) is 9.59 Å². The average molecular weight is 266 g/mol. The zero-order chi connectivity index (χ0) is 14.1. The van der Waals surface area contributed by atoms with Gasteiger partial charge in [-0.2, -0.15) is 0 Å². The van der Waals surface area contributed by atoms with Crippen LogP contribution in [0.5, 0.6) is 5.75 Å². The summed E-state index contributed by atoms with van der Waals surface area (Å²) in [5, 5.41) is 5.39. The maximum absolute atomic E-state index is 11.6. The fourth-order valence-corrected chi connectivity index (χ4v) is 1.40. The van der Waals surface area contributed by atoms with Crippen molar-refractivity contribution in [1.82, 2.24) is 5.32 Å². The Kier molecular flexibility index (Phi) is 6.38. The molecule has 0 aliphatic carbocycles. The second-order valence-corrected chi connectivity index (χ2v) is 3.69. The predicted molar refractivity (Wildman–Crippen MR) is 71.1 cm³/mol. The van der Waals surface area contributed by atoms with Crippen LogP contribution in [-0.2, 0) is 14.3 Å². The lowest BCUT2D eigenvalue weighted by atomic mass is 10.3. The van der Waals surface area contributed by atoms with Gasteiger partial charge in [-0.3, -0.25) is 14.9 Å². The monoisotopic (exact) mass is 266 g/mol. The van der Waals surface area contributed by atoms with E-state index in [0.717, 1.165) is 0 Å². The molecule has 0 aliphatic heterocycles. The highest BCUT2D eigenvalue weighted by Gasteiger charge is 2.05. The number of ether oxygens (including phenoxy) is 2. The number of hydrogen-bond donors (Lipinski definition) is 2. The summed E-state index contributed by atoms with van der Waals surface area (Å²) in [5.41, 5.74) is 0.641. The van der Waals surface area contributed by atoms with Crippen molar-refractivity contribution in [2.24, 2.45) is 0 Å². The van der Waals surface area contributed by atoms with Gasteiger partial charge in [-0.25, -0.2) is 0 Å². The van der Waals surface area contributed by atoms with Crippen LogP contribution in [0, 0.1) is 0 Å². The van der Waals surface area contributed by atoms with E-state index in [-0.39, 0.29) is 25.0 Å². The van der Waals surface area contributed by atoms with Gasteiger partial charge in [0.05, 0.1) is 26.8 Å². The molecular weight excluding hydrogens is 248 g/mol. The second-order valence-electron chi connectivity index (χ2n) is 3.69. The van der Waals surface area contributed by atoms with Gasteiger partial charge in [0, 0.05) is 11.8 Å². The fraction of sp³-hybridized carbons (Fsp3) is 0.385. The summed E-state index contributed by atoms with van der Waals surface area (Å²) in [4.78, 5) is 22.6. The lowest BCUT2D eigenvalue weighted by molar-refractivity contribution is -0.141. The van der Waals surface area contributed by atoms with E-state index in [1.807, 2.05) is 0 Å². The molecule has 0 heterocycles. The average Bonchev–Trinajstić information content (AvgIpc) is 2.39. The molecule has 19 heavy (non-hydrogen) atoms. The minimum atomic E-state index is -0.378. The number of hydrogen-bond acceptors (Lipinski definition) is 5. The molecule has 0 fully saturated rings. The molecule has 2 N–H and O–H groups in total. The molecule has 0 saturated heterocycles. The topological polar surface area (TPSA) is 76.7 Å². The van der Waals surface area contributed by atoms with Gasteiger partial charge >= 0.3 is 5.97 Å². The van der Waals surface area contributed by atoms with Gasteiger partial charge in [0.25, 0.3) is 0 Å². The van der Waals surface area contributed by atoms with Gasteiger partial charge < -0.3 is 14.8 Å². The van der Waals surface area contributed by atoms with E-state index in [1.54, 1.807) is 38.3 Å². The summed E-state index contributed by atoms with van der Waals surface area (Å²) >= 11 is 0. The van der Waals surface area contributed by atoms with Crippen molar-refractivity contribution in [3.05, 3.63) is 24.3 Å². The Morgan fingerprint density at radius 1 is 1.26 bits per heavy atom. The Hall–Kier alpha value is -2.08. The van der Waals surface area contributed by atoms with Crippen LogP contribution in [0.3, 0.4) is 0 Å². The maximum Gasteiger partial charge on any atom is 0.319 e. The van der Waals surface area contributed by atoms with E-state index < -0.39 is 0 Å². The maximum atomic E-state index is 11.6. The van der Waals surface area contributed by atoms with Crippen molar-refractivity contribution >= 4 is 17.6 Å². The number of amides is 1. The van der Waals surface area contributed by atoms with Crippen LogP contribution in [0.1, 0.15) is 6.92 Å². The Morgan fingerprint density at radius 2 is 2.05 bits per heavy atom. The zero-order valence-corrected chi connectivity index (χ0v) is 11.1. The summed E-state index contributed by atoms with van der Waals surface area (Å²) in [5.74, 6) is 0.0477. The van der Waals surface area contributed by atoms with Gasteiger partial charge in [-0.15, -0.1) is 0 Å². The first-order valence-electron chi connectivity index (χ1n) is 5.96. The van der Waals surface area contributed by atoms with Crippen molar-refractivity contribution < 1.29 is 19.1 Å². The Morgan fingerprint density at radius 3 is 2.74 bits per heavy atom. The first kappa shape index (κ1) is 15.0. The van der Waals surface area contributed by atoms with E-state index >= 15 is 0 Å². The van der Waals surface area contributed by atoms with Crippen molar-refractivity contribution in [3.63, 3.8) is 0 Å². The van der Waals surface area contributed by atoms with Crippen LogP contribution in [0.2, 0.25) is 0 Å². The van der Waals surface area contributed by atoms with Crippen molar-refractivity contribution in [2.75, 3.05) is 32.1 Å². The Balaban J connectivity index is 2.32. The first-order chi connectivity index (χ1) is 9.15. The Labute approximate surface area is 112 Å². The van der Waals surface area contributed by atoms with Crippen LogP contribution in [-0.4, -0.2) is 38.7 Å². The van der Waals surface area contributed by atoms with E-state index in [1.165, 1.54) is 0 Å². The zero-order valence-electron chi connectivity index (χ0n) is 11.1. The third-order valence-electron chi connectivity index (χ3n) is 2.21. The number of carbonyl (C=O) groups excluding carboxylic acids is 2. The van der Waals surface area contributed by atoms with Gasteiger partial charge in [-0.1, -0.05) is 6.07 Å². The third kappa shape index (κ3) is 5.87. The van der Waals surface area contributed by atoms with Crippen molar-refractivity contribution in [1.29, 1.82) is 0 Å². The summed E-state index contributed by atoms with van der Waals surface area (Å²) in [6.07, 6.45) is 0. The van der Waals surface area contributed by atoms with Gasteiger partial charge in [0.1, 0.15) is 5.75 Å². The summed E-state index contributed by atoms with van der Waals surface area (Å²) in [6, 6.07) is 7.03. The molecule has 0 unspecified atom stereocenters. The number of methoxy groups -OCH3 is 1. The molecule has 1 rings (SSSR count). The van der Waals surface area contributed by atoms with Crippen molar-refractivity contribution in [3.8, 4) is 5.75 Å². The number of nitrogens with one attached hydrogen (secondary N) is 2. The van der Waals surface area contributed by atoms with Crippen molar-refractivity contribution in [2.45, 2.75) is 6.92 Å². The third-order valence-corrected chi connectivity index (χ3v) is 2.21. The van der Waals surface area contributed by atoms with Gasteiger partial charge in [-0.05, 0) is 19.1 Å². The van der Waals surface area contributed by atoms with Gasteiger partial charge in [0.15, 0.2) is 0 Å². The second kappa shape index (κ2) is 8.10. The van der Waals surface area contributed by atoms with E-state index in [2.05, 4.69) is 10.6 Å². The molecular formula is C13H18N2O4. The minimum absolute atomic E-state index is 0.0133. The predicted octanol–water partition coefficient (Wildman–Crippen LogP) is 0.786. The highest BCUT2D eigenvalue weighted by molar-refractivity contribution is 5.92. The van der Waals surface area contributed by atoms with Crippen LogP contribution in [0.4, 0.5) is 5.69 Å². The van der Waals surface area contributed by atoms with Crippen LogP contribution >= 0.6 is 0 Å². The summed E-state index contributed by atoms with van der Waals surface area (Å²) < 4.78 is 9.77. The summed E-state index contributed by atoms with van der Waals surface area (Å²) in [7, 11) is 1.56. The Bertz CT molecular complexity index is 434. The van der Waals surface area contributed by atoms with E-state index in [0.29, 0.717) is 18.0 Å². The van der Waals surface area contributed by atoms with E-state index in [4.69, 9.17) is 9.47 Å². The summed E-state index contributed by atoms with van der Waals surface area (Å²) in [6.45, 7) is 2.11. The normalized spacial score (nSPS) is 9.79. The number of esters is 1. The van der Waals surface area contributed by atoms with Crippen LogP contribution < -0.4 is 15.4 Å². The smallest absolute Gasteiger partial charge is 0.319 e. The molecule has 0 radical (unpaired) electrons. The number of benzene rings is 1. The van der Waals surface area contributed by atoms with Gasteiger partial charge in [0.2, 0.25) is 5.91 Å². The molecule has 6 nitrogen and oxygen atoms in total. The molecule has 0 aromatic heterocycles.